The molecule has 0 spiro atoms. The average Bonchev–Trinajstić information content (AvgIpc) is 2.67. The number of amides is 2. The number of nitrogens with one attached hydrogen (secondary N) is 2. The molecule has 2 aromatic carbocycles. The van der Waals surface area contributed by atoms with Crippen LogP contribution in [0, 0.1) is 0 Å². The molecule has 6 nitrogen and oxygen atoms in total. The summed E-state index contributed by atoms with van der Waals surface area (Å²) in [6.45, 7) is 3.74. The van der Waals surface area contributed by atoms with Crippen molar-refractivity contribution in [2.45, 2.75) is 19.9 Å². The predicted octanol–water partition coefficient (Wildman–Crippen LogP) is 4.15. The van der Waals surface area contributed by atoms with Crippen LogP contribution in [-0.4, -0.2) is 32.1 Å². The van der Waals surface area contributed by atoms with Crippen LogP contribution in [0.1, 0.15) is 29.8 Å². The van der Waals surface area contributed by atoms with Crippen molar-refractivity contribution in [3.8, 4) is 11.5 Å². The molecule has 0 bridgehead atoms. The maximum Gasteiger partial charge on any atom is 0.251 e. The van der Waals surface area contributed by atoms with Gasteiger partial charge in [-0.15, -0.1) is 0 Å². The van der Waals surface area contributed by atoms with Crippen molar-refractivity contribution in [1.82, 2.24) is 5.32 Å². The van der Waals surface area contributed by atoms with E-state index in [2.05, 4.69) is 10.6 Å². The molecular weight excluding hydrogens is 380 g/mol. The summed E-state index contributed by atoms with van der Waals surface area (Å²) in [5, 5.41) is 5.82. The van der Waals surface area contributed by atoms with Crippen LogP contribution in [0.15, 0.2) is 42.5 Å². The van der Waals surface area contributed by atoms with E-state index in [-0.39, 0.29) is 17.9 Å². The number of halogens is 1. The Hall–Kier alpha value is -2.99. The quantitative estimate of drug-likeness (QED) is 0.682. The zero-order valence-electron chi connectivity index (χ0n) is 16.2. The minimum atomic E-state index is -0.388. The lowest BCUT2D eigenvalue weighted by Gasteiger charge is -2.11. The van der Waals surface area contributed by atoms with E-state index in [1.54, 1.807) is 56.7 Å². The average molecular weight is 403 g/mol. The number of ether oxygens (including phenoxy) is 2. The Bertz CT molecular complexity index is 894. The van der Waals surface area contributed by atoms with Gasteiger partial charge in [0, 0.05) is 29.3 Å². The highest BCUT2D eigenvalue weighted by Crippen LogP contribution is 2.26. The number of hydrogen-bond acceptors (Lipinski definition) is 4. The lowest BCUT2D eigenvalue weighted by atomic mass is 10.1. The number of anilines is 1. The molecule has 0 heterocycles. The van der Waals surface area contributed by atoms with E-state index in [9.17, 15) is 9.59 Å². The van der Waals surface area contributed by atoms with E-state index in [0.717, 1.165) is 5.56 Å². The third-order valence-corrected chi connectivity index (χ3v) is 4.09. The highest BCUT2D eigenvalue weighted by Gasteiger charge is 2.11. The summed E-state index contributed by atoms with van der Waals surface area (Å²) in [5.74, 6) is 0.609. The molecule has 2 amide bonds. The Kier molecular flexibility index (Phi) is 7.46. The van der Waals surface area contributed by atoms with Gasteiger partial charge in [-0.25, -0.2) is 0 Å². The highest BCUT2D eigenvalue weighted by molar-refractivity contribution is 6.34. The first-order valence-corrected chi connectivity index (χ1v) is 9.03. The van der Waals surface area contributed by atoms with Gasteiger partial charge in [0.05, 0.1) is 24.9 Å². The maximum atomic E-state index is 12.3. The van der Waals surface area contributed by atoms with E-state index >= 15 is 0 Å². The Balaban J connectivity index is 2.15. The molecule has 28 heavy (non-hydrogen) atoms. The second kappa shape index (κ2) is 9.80. The first-order chi connectivity index (χ1) is 13.3. The van der Waals surface area contributed by atoms with E-state index < -0.39 is 0 Å². The first-order valence-electron chi connectivity index (χ1n) is 8.65. The molecule has 2 N–H and O–H groups in total. The van der Waals surface area contributed by atoms with Gasteiger partial charge >= 0.3 is 0 Å². The van der Waals surface area contributed by atoms with Gasteiger partial charge in [0.15, 0.2) is 0 Å². The molecule has 0 aliphatic heterocycles. The summed E-state index contributed by atoms with van der Waals surface area (Å²) in [5.41, 5.74) is 1.48. The van der Waals surface area contributed by atoms with Crippen LogP contribution in [0.2, 0.25) is 5.02 Å². The second-order valence-electron chi connectivity index (χ2n) is 6.25. The molecule has 0 unspecified atom stereocenters. The minimum Gasteiger partial charge on any atom is -0.497 e. The molecule has 0 aliphatic rings. The van der Waals surface area contributed by atoms with Crippen LogP contribution in [0.25, 0.3) is 6.08 Å². The van der Waals surface area contributed by atoms with E-state index in [1.807, 2.05) is 13.8 Å². The summed E-state index contributed by atoms with van der Waals surface area (Å²) < 4.78 is 10.5. The van der Waals surface area contributed by atoms with Gasteiger partial charge in [0.1, 0.15) is 11.5 Å². The number of hydrogen-bond donors (Lipinski definition) is 2. The van der Waals surface area contributed by atoms with Crippen LogP contribution in [0.5, 0.6) is 11.5 Å². The first kappa shape index (κ1) is 21.3. The summed E-state index contributed by atoms with van der Waals surface area (Å²) in [7, 11) is 3.11. The zero-order valence-corrected chi connectivity index (χ0v) is 17.0. The molecule has 0 aromatic heterocycles. The standard InChI is InChI=1S/C21H23ClN2O4/c1-13(2)23-21(26)15-6-9-17(22)18(11-15)24-20(25)10-7-14-5-8-16(27-3)12-19(14)28-4/h5-13H,1-4H3,(H,23,26)(H,24,25)/b10-7+. The lowest BCUT2D eigenvalue weighted by molar-refractivity contribution is -0.111. The van der Waals surface area contributed by atoms with Crippen LogP contribution < -0.4 is 20.1 Å². The number of benzene rings is 2. The summed E-state index contributed by atoms with van der Waals surface area (Å²) in [6.07, 6.45) is 2.98. The molecule has 0 saturated heterocycles. The largest absolute Gasteiger partial charge is 0.497 e. The van der Waals surface area contributed by atoms with Crippen molar-refractivity contribution in [3.63, 3.8) is 0 Å². The molecule has 7 heteroatoms. The number of rotatable bonds is 7. The third kappa shape index (κ3) is 5.76. The molecular formula is C21H23ClN2O4. The molecule has 0 radical (unpaired) electrons. The normalized spacial score (nSPS) is 10.8. The SMILES string of the molecule is COc1ccc(/C=C/C(=O)Nc2cc(C(=O)NC(C)C)ccc2Cl)c(OC)c1. The highest BCUT2D eigenvalue weighted by atomic mass is 35.5. The third-order valence-electron chi connectivity index (χ3n) is 3.76. The van der Waals surface area contributed by atoms with Gasteiger partial charge in [-0.05, 0) is 50.3 Å². The minimum absolute atomic E-state index is 0.00336. The molecule has 0 atom stereocenters. The molecule has 2 rings (SSSR count). The number of methoxy groups -OCH3 is 2. The van der Waals surface area contributed by atoms with E-state index in [1.165, 1.54) is 6.08 Å². The lowest BCUT2D eigenvalue weighted by Crippen LogP contribution is -2.30. The van der Waals surface area contributed by atoms with Crippen molar-refractivity contribution in [1.29, 1.82) is 0 Å². The van der Waals surface area contributed by atoms with Crippen LogP contribution in [0.4, 0.5) is 5.69 Å². The number of carbonyl (C=O) groups excluding carboxylic acids is 2. The van der Waals surface area contributed by atoms with E-state index in [0.29, 0.717) is 27.8 Å². The van der Waals surface area contributed by atoms with Crippen molar-refractivity contribution < 1.29 is 19.1 Å². The van der Waals surface area contributed by atoms with Crippen LogP contribution in [-0.2, 0) is 4.79 Å². The monoisotopic (exact) mass is 402 g/mol. The van der Waals surface area contributed by atoms with Gasteiger partial charge in [0.25, 0.3) is 5.91 Å². The second-order valence-corrected chi connectivity index (χ2v) is 6.66. The zero-order chi connectivity index (χ0) is 20.7. The Morgan fingerprint density at radius 1 is 1.07 bits per heavy atom. The van der Waals surface area contributed by atoms with Gasteiger partial charge in [-0.3, -0.25) is 9.59 Å². The molecule has 0 saturated carbocycles. The fraction of sp³-hybridized carbons (Fsp3) is 0.238. The van der Waals surface area contributed by atoms with Crippen molar-refractivity contribution >= 4 is 35.2 Å². The molecule has 2 aromatic rings. The summed E-state index contributed by atoms with van der Waals surface area (Å²) in [6, 6.07) is 10.0. The number of carbonyl (C=O) groups is 2. The van der Waals surface area contributed by atoms with Crippen LogP contribution >= 0.6 is 11.6 Å². The van der Waals surface area contributed by atoms with Crippen LogP contribution in [0.3, 0.4) is 0 Å². The summed E-state index contributed by atoms with van der Waals surface area (Å²) in [4.78, 5) is 24.4. The van der Waals surface area contributed by atoms with Gasteiger partial charge in [0.2, 0.25) is 5.91 Å². The molecule has 0 aliphatic carbocycles. The van der Waals surface area contributed by atoms with Gasteiger partial charge < -0.3 is 20.1 Å². The van der Waals surface area contributed by atoms with E-state index in [4.69, 9.17) is 21.1 Å². The smallest absolute Gasteiger partial charge is 0.251 e. The fourth-order valence-electron chi connectivity index (χ4n) is 2.40. The Morgan fingerprint density at radius 3 is 2.46 bits per heavy atom. The Labute approximate surface area is 169 Å². The van der Waals surface area contributed by atoms with Crippen molar-refractivity contribution in [2.24, 2.45) is 0 Å². The maximum absolute atomic E-state index is 12.3. The van der Waals surface area contributed by atoms with Crippen molar-refractivity contribution in [3.05, 3.63) is 58.6 Å². The fourth-order valence-corrected chi connectivity index (χ4v) is 2.57. The Morgan fingerprint density at radius 2 is 1.82 bits per heavy atom. The topological polar surface area (TPSA) is 76.7 Å². The predicted molar refractivity (Wildman–Crippen MR) is 111 cm³/mol. The molecule has 148 valence electrons. The summed E-state index contributed by atoms with van der Waals surface area (Å²) >= 11 is 6.14. The van der Waals surface area contributed by atoms with Gasteiger partial charge in [-0.1, -0.05) is 11.6 Å². The molecule has 0 fully saturated rings. The van der Waals surface area contributed by atoms with Crippen molar-refractivity contribution in [2.75, 3.05) is 19.5 Å². The van der Waals surface area contributed by atoms with Gasteiger partial charge in [-0.2, -0.15) is 0 Å².